The molecule has 0 aromatic carbocycles. The Morgan fingerprint density at radius 1 is 1.13 bits per heavy atom. The average Bonchev–Trinajstić information content (AvgIpc) is 2.80. The van der Waals surface area contributed by atoms with E-state index in [9.17, 15) is 9.59 Å². The molecular formula is C17H25ClN2O2S. The van der Waals surface area contributed by atoms with Crippen molar-refractivity contribution in [3.63, 3.8) is 0 Å². The Balaban J connectivity index is 1.90. The number of carbonyl (C=O) groups excluding carboxylic acids is 2. The second-order valence-electron chi connectivity index (χ2n) is 5.96. The number of hydrogen-bond donors (Lipinski definition) is 0. The van der Waals surface area contributed by atoms with E-state index in [0.717, 1.165) is 37.2 Å². The second-order valence-corrected chi connectivity index (χ2v) is 7.76. The molecule has 1 aliphatic heterocycles. The van der Waals surface area contributed by atoms with Gasteiger partial charge in [-0.2, -0.15) is 0 Å². The van der Waals surface area contributed by atoms with Gasteiger partial charge in [-0.25, -0.2) is 0 Å². The monoisotopic (exact) mass is 356 g/mol. The summed E-state index contributed by atoms with van der Waals surface area (Å²) in [4.78, 5) is 29.7. The third-order valence-electron chi connectivity index (χ3n) is 4.45. The molecule has 1 saturated heterocycles. The molecule has 0 spiro atoms. The van der Waals surface area contributed by atoms with Crippen LogP contribution in [0.1, 0.15) is 38.0 Å². The van der Waals surface area contributed by atoms with Crippen molar-refractivity contribution in [2.75, 3.05) is 26.2 Å². The molecule has 0 saturated carbocycles. The highest BCUT2D eigenvalue weighted by molar-refractivity contribution is 7.16. The van der Waals surface area contributed by atoms with Gasteiger partial charge in [-0.15, -0.1) is 11.3 Å². The van der Waals surface area contributed by atoms with E-state index in [2.05, 4.69) is 13.8 Å². The van der Waals surface area contributed by atoms with E-state index in [1.54, 1.807) is 0 Å². The minimum atomic E-state index is 0.116. The van der Waals surface area contributed by atoms with Gasteiger partial charge in [-0.05, 0) is 31.4 Å². The maximum atomic E-state index is 12.5. The van der Waals surface area contributed by atoms with E-state index < -0.39 is 0 Å². The normalized spacial score (nSPS) is 15.8. The largest absolute Gasteiger partial charge is 0.341 e. The fourth-order valence-electron chi connectivity index (χ4n) is 2.99. The molecule has 0 aliphatic carbocycles. The Kier molecular flexibility index (Phi) is 6.90. The van der Waals surface area contributed by atoms with Crippen LogP contribution in [0.15, 0.2) is 12.1 Å². The molecule has 1 aliphatic rings. The van der Waals surface area contributed by atoms with Crippen LogP contribution in [0.2, 0.25) is 4.34 Å². The van der Waals surface area contributed by atoms with Gasteiger partial charge < -0.3 is 9.80 Å². The topological polar surface area (TPSA) is 40.6 Å². The van der Waals surface area contributed by atoms with E-state index in [-0.39, 0.29) is 17.7 Å². The first-order valence-corrected chi connectivity index (χ1v) is 9.55. The van der Waals surface area contributed by atoms with Crippen molar-refractivity contribution in [1.82, 2.24) is 9.80 Å². The minimum Gasteiger partial charge on any atom is -0.341 e. The number of halogens is 1. The molecule has 1 aromatic rings. The first-order valence-electron chi connectivity index (χ1n) is 8.35. The van der Waals surface area contributed by atoms with Crippen LogP contribution in [-0.4, -0.2) is 47.8 Å². The summed E-state index contributed by atoms with van der Waals surface area (Å²) in [6, 6.07) is 3.74. The second kappa shape index (κ2) is 8.69. The molecule has 0 bridgehead atoms. The van der Waals surface area contributed by atoms with Crippen LogP contribution in [0.25, 0.3) is 0 Å². The van der Waals surface area contributed by atoms with Crippen molar-refractivity contribution in [1.29, 1.82) is 0 Å². The zero-order chi connectivity index (χ0) is 16.8. The predicted molar refractivity (Wildman–Crippen MR) is 94.9 cm³/mol. The van der Waals surface area contributed by atoms with Crippen molar-refractivity contribution in [3.8, 4) is 0 Å². The van der Waals surface area contributed by atoms with Gasteiger partial charge in [0, 0.05) is 37.0 Å². The SMILES string of the molecule is CCC(CC)C(=O)N1CCCN(C(=O)Cc2ccc(Cl)s2)CC1. The molecule has 0 N–H and O–H groups in total. The van der Waals surface area contributed by atoms with Gasteiger partial charge in [0.25, 0.3) is 0 Å². The Hall–Kier alpha value is -1.07. The van der Waals surface area contributed by atoms with Gasteiger partial charge in [0.2, 0.25) is 11.8 Å². The third-order valence-corrected chi connectivity index (χ3v) is 5.68. The average molecular weight is 357 g/mol. The Bertz CT molecular complexity index is 542. The van der Waals surface area contributed by atoms with E-state index in [0.29, 0.717) is 23.8 Å². The van der Waals surface area contributed by atoms with Gasteiger partial charge in [0.15, 0.2) is 0 Å². The zero-order valence-corrected chi connectivity index (χ0v) is 15.5. The summed E-state index contributed by atoms with van der Waals surface area (Å²) in [6.45, 7) is 6.88. The minimum absolute atomic E-state index is 0.116. The lowest BCUT2D eigenvalue weighted by molar-refractivity contribution is -0.136. The summed E-state index contributed by atoms with van der Waals surface area (Å²) in [6.07, 6.45) is 3.02. The van der Waals surface area contributed by atoms with Gasteiger partial charge in [0.1, 0.15) is 0 Å². The summed E-state index contributed by atoms with van der Waals surface area (Å²) in [5, 5.41) is 0. The lowest BCUT2D eigenvalue weighted by Gasteiger charge is -2.25. The maximum absolute atomic E-state index is 12.5. The first-order chi connectivity index (χ1) is 11.0. The number of thiophene rings is 1. The quantitative estimate of drug-likeness (QED) is 0.810. The molecular weight excluding hydrogens is 332 g/mol. The highest BCUT2D eigenvalue weighted by Gasteiger charge is 2.25. The van der Waals surface area contributed by atoms with E-state index in [1.165, 1.54) is 11.3 Å². The summed E-state index contributed by atoms with van der Waals surface area (Å²) in [7, 11) is 0. The first kappa shape index (κ1) is 18.3. The van der Waals surface area contributed by atoms with Gasteiger partial charge in [-0.1, -0.05) is 25.4 Å². The lowest BCUT2D eigenvalue weighted by atomic mass is 10.0. The van der Waals surface area contributed by atoms with Crippen LogP contribution in [0, 0.1) is 5.92 Å². The molecule has 1 fully saturated rings. The fourth-order valence-corrected chi connectivity index (χ4v) is 4.07. The lowest BCUT2D eigenvalue weighted by Crippen LogP contribution is -2.40. The number of rotatable bonds is 5. The Morgan fingerprint density at radius 2 is 1.78 bits per heavy atom. The molecule has 1 aromatic heterocycles. The van der Waals surface area contributed by atoms with Crippen molar-refractivity contribution < 1.29 is 9.59 Å². The Labute approximate surface area is 147 Å². The molecule has 0 unspecified atom stereocenters. The number of carbonyl (C=O) groups is 2. The van der Waals surface area contributed by atoms with Crippen LogP contribution in [0.3, 0.4) is 0 Å². The van der Waals surface area contributed by atoms with E-state index >= 15 is 0 Å². The van der Waals surface area contributed by atoms with Crippen LogP contribution in [-0.2, 0) is 16.0 Å². The smallest absolute Gasteiger partial charge is 0.227 e. The van der Waals surface area contributed by atoms with E-state index in [1.807, 2.05) is 21.9 Å². The predicted octanol–water partition coefficient (Wildman–Crippen LogP) is 3.44. The zero-order valence-electron chi connectivity index (χ0n) is 13.9. The molecule has 2 amide bonds. The summed E-state index contributed by atoms with van der Waals surface area (Å²) >= 11 is 7.37. The maximum Gasteiger partial charge on any atom is 0.227 e. The van der Waals surface area contributed by atoms with Crippen molar-refractivity contribution in [3.05, 3.63) is 21.3 Å². The summed E-state index contributed by atoms with van der Waals surface area (Å²) in [5.74, 6) is 0.486. The van der Waals surface area contributed by atoms with Crippen molar-refractivity contribution in [2.45, 2.75) is 39.5 Å². The van der Waals surface area contributed by atoms with Crippen LogP contribution in [0.4, 0.5) is 0 Å². The molecule has 128 valence electrons. The molecule has 6 heteroatoms. The molecule has 2 rings (SSSR count). The summed E-state index contributed by atoms with van der Waals surface area (Å²) in [5.41, 5.74) is 0. The molecule has 2 heterocycles. The van der Waals surface area contributed by atoms with Gasteiger partial charge in [0.05, 0.1) is 10.8 Å². The van der Waals surface area contributed by atoms with Crippen LogP contribution in [0.5, 0.6) is 0 Å². The molecule has 23 heavy (non-hydrogen) atoms. The van der Waals surface area contributed by atoms with Crippen molar-refractivity contribution >= 4 is 34.8 Å². The highest BCUT2D eigenvalue weighted by atomic mass is 35.5. The van der Waals surface area contributed by atoms with Crippen LogP contribution >= 0.6 is 22.9 Å². The Morgan fingerprint density at radius 3 is 2.39 bits per heavy atom. The third kappa shape index (κ3) is 4.95. The molecule has 0 atom stereocenters. The number of amides is 2. The summed E-state index contributed by atoms with van der Waals surface area (Å²) < 4.78 is 0.714. The molecule has 4 nitrogen and oxygen atoms in total. The van der Waals surface area contributed by atoms with Crippen molar-refractivity contribution in [2.24, 2.45) is 5.92 Å². The molecule has 0 radical (unpaired) electrons. The van der Waals surface area contributed by atoms with Gasteiger partial charge in [-0.3, -0.25) is 9.59 Å². The standard InChI is InChI=1S/C17H25ClN2O2S/c1-3-13(4-2)17(22)20-9-5-8-19(10-11-20)16(21)12-14-6-7-15(18)23-14/h6-7,13H,3-5,8-12H2,1-2H3. The number of nitrogens with zero attached hydrogens (tertiary/aromatic N) is 2. The highest BCUT2D eigenvalue weighted by Crippen LogP contribution is 2.22. The van der Waals surface area contributed by atoms with E-state index in [4.69, 9.17) is 11.6 Å². The fraction of sp³-hybridized carbons (Fsp3) is 0.647. The van der Waals surface area contributed by atoms with Crippen LogP contribution < -0.4 is 0 Å². The van der Waals surface area contributed by atoms with Gasteiger partial charge >= 0.3 is 0 Å². The number of hydrogen-bond acceptors (Lipinski definition) is 3.